The van der Waals surface area contributed by atoms with Gasteiger partial charge in [0.05, 0.1) is 0 Å². The molecule has 1 aliphatic heterocycles. The highest BCUT2D eigenvalue weighted by Gasteiger charge is 2.19. The Morgan fingerprint density at radius 2 is 1.64 bits per heavy atom. The van der Waals surface area contributed by atoms with Crippen molar-refractivity contribution in [3.63, 3.8) is 0 Å². The molecule has 0 spiro atoms. The number of nitrogens with one attached hydrogen (secondary N) is 2. The lowest BCUT2D eigenvalue weighted by Crippen LogP contribution is -2.36. The second-order valence-electron chi connectivity index (χ2n) is 9.34. The van der Waals surface area contributed by atoms with Gasteiger partial charge >= 0.3 is 5.97 Å². The average molecular weight is 460 g/mol. The molecule has 1 aromatic carbocycles. The zero-order valence-electron chi connectivity index (χ0n) is 20.1. The smallest absolute Gasteiger partial charge is 0.306 e. The fourth-order valence-corrected chi connectivity index (χ4v) is 3.54. The van der Waals surface area contributed by atoms with E-state index in [4.69, 9.17) is 4.74 Å². The molecule has 0 unspecified atom stereocenters. The number of imide groups is 1. The molecule has 8 heteroatoms. The van der Waals surface area contributed by atoms with E-state index in [1.165, 1.54) is 0 Å². The van der Waals surface area contributed by atoms with Crippen LogP contribution in [-0.4, -0.2) is 42.4 Å². The van der Waals surface area contributed by atoms with Crippen LogP contribution in [0.15, 0.2) is 24.3 Å². The molecule has 182 valence electrons. The number of rotatable bonds is 8. The monoisotopic (exact) mass is 459 g/mol. The van der Waals surface area contributed by atoms with Crippen LogP contribution in [0.5, 0.6) is 0 Å². The number of carbonyl (C=O) groups is 4. The van der Waals surface area contributed by atoms with Gasteiger partial charge in [0.25, 0.3) is 0 Å². The molecule has 0 saturated carbocycles. The topological polar surface area (TPSA) is 105 Å². The molecule has 3 amide bonds. The van der Waals surface area contributed by atoms with Gasteiger partial charge in [-0.3, -0.25) is 24.5 Å². The summed E-state index contributed by atoms with van der Waals surface area (Å²) in [5, 5.41) is 5.73. The van der Waals surface area contributed by atoms with E-state index in [2.05, 4.69) is 10.6 Å². The van der Waals surface area contributed by atoms with Crippen molar-refractivity contribution in [2.75, 3.05) is 23.3 Å². The van der Waals surface area contributed by atoms with Crippen LogP contribution >= 0.6 is 0 Å². The van der Waals surface area contributed by atoms with Crippen LogP contribution in [0.4, 0.5) is 11.4 Å². The van der Waals surface area contributed by atoms with E-state index in [-0.39, 0.29) is 43.1 Å². The van der Waals surface area contributed by atoms with Crippen molar-refractivity contribution in [2.45, 2.75) is 84.2 Å². The Labute approximate surface area is 196 Å². The van der Waals surface area contributed by atoms with Crippen LogP contribution in [0.25, 0.3) is 0 Å². The summed E-state index contributed by atoms with van der Waals surface area (Å²) in [6.45, 7) is 6.62. The molecule has 1 heterocycles. The average Bonchev–Trinajstić information content (AvgIpc) is 2.75. The molecular weight excluding hydrogens is 422 g/mol. The Morgan fingerprint density at radius 3 is 2.33 bits per heavy atom. The highest BCUT2D eigenvalue weighted by molar-refractivity contribution is 5.97. The molecule has 0 radical (unpaired) electrons. The van der Waals surface area contributed by atoms with E-state index in [1.54, 1.807) is 4.90 Å². The van der Waals surface area contributed by atoms with Gasteiger partial charge in [0.1, 0.15) is 5.60 Å². The Kier molecular flexibility index (Phi) is 10.4. The lowest BCUT2D eigenvalue weighted by atomic mass is 10.1. The maximum Gasteiger partial charge on any atom is 0.306 e. The molecule has 1 aromatic rings. The number of ether oxygens (including phenoxy) is 1. The first kappa shape index (κ1) is 26.4. The van der Waals surface area contributed by atoms with Gasteiger partial charge in [-0.05, 0) is 70.7 Å². The second-order valence-corrected chi connectivity index (χ2v) is 9.34. The summed E-state index contributed by atoms with van der Waals surface area (Å²) in [6.07, 6.45) is 4.99. The lowest BCUT2D eigenvalue weighted by Gasteiger charge is -2.23. The highest BCUT2D eigenvalue weighted by atomic mass is 16.6. The summed E-state index contributed by atoms with van der Waals surface area (Å²) in [5.41, 5.74) is 1.24. The van der Waals surface area contributed by atoms with Crippen molar-refractivity contribution in [1.82, 2.24) is 5.32 Å². The molecule has 33 heavy (non-hydrogen) atoms. The van der Waals surface area contributed by atoms with Gasteiger partial charge in [0, 0.05) is 50.1 Å². The normalized spacial score (nSPS) is 16.1. The van der Waals surface area contributed by atoms with E-state index in [0.717, 1.165) is 37.2 Å². The van der Waals surface area contributed by atoms with Gasteiger partial charge in [-0.2, -0.15) is 0 Å². The predicted octanol–water partition coefficient (Wildman–Crippen LogP) is 3.94. The Hall–Kier alpha value is -2.90. The van der Waals surface area contributed by atoms with Crippen molar-refractivity contribution in [1.29, 1.82) is 0 Å². The second kappa shape index (κ2) is 13.0. The number of hydrogen-bond acceptors (Lipinski definition) is 6. The Morgan fingerprint density at radius 1 is 0.970 bits per heavy atom. The van der Waals surface area contributed by atoms with Crippen LogP contribution in [0.2, 0.25) is 0 Å². The predicted molar refractivity (Wildman–Crippen MR) is 128 cm³/mol. The molecule has 0 aliphatic carbocycles. The maximum atomic E-state index is 12.7. The molecule has 8 nitrogen and oxygen atoms in total. The standard InChI is InChI=1S/C25H37N3O5/c1-25(2,3)33-24(32)11-5-4-8-17-26-19-12-14-20(15-13-19)28-18-16-22(30)27-21(29)9-6-7-10-23(28)31/h12-15,26H,4-11,16-18H2,1-3H3,(H,27,29,30). The number of hydrogen-bond donors (Lipinski definition) is 2. The number of benzene rings is 1. The fraction of sp³-hybridized carbons (Fsp3) is 0.600. The molecule has 0 atom stereocenters. The van der Waals surface area contributed by atoms with Crippen molar-refractivity contribution in [2.24, 2.45) is 0 Å². The summed E-state index contributed by atoms with van der Waals surface area (Å²) in [4.78, 5) is 49.6. The minimum atomic E-state index is -0.439. The minimum absolute atomic E-state index is 0.0390. The first-order chi connectivity index (χ1) is 15.6. The van der Waals surface area contributed by atoms with E-state index in [1.807, 2.05) is 45.0 Å². The van der Waals surface area contributed by atoms with E-state index in [9.17, 15) is 19.2 Å². The zero-order valence-corrected chi connectivity index (χ0v) is 20.1. The molecule has 1 saturated heterocycles. The first-order valence-electron chi connectivity index (χ1n) is 11.8. The van der Waals surface area contributed by atoms with E-state index in [0.29, 0.717) is 25.7 Å². The quantitative estimate of drug-likeness (QED) is 0.347. The van der Waals surface area contributed by atoms with Crippen molar-refractivity contribution < 1.29 is 23.9 Å². The van der Waals surface area contributed by atoms with Crippen molar-refractivity contribution >= 4 is 35.1 Å². The molecule has 1 aliphatic rings. The number of carbonyl (C=O) groups excluding carboxylic acids is 4. The molecule has 2 N–H and O–H groups in total. The third kappa shape index (κ3) is 10.5. The van der Waals surface area contributed by atoms with Crippen molar-refractivity contribution in [3.8, 4) is 0 Å². The molecule has 1 fully saturated rings. The van der Waals surface area contributed by atoms with Gasteiger partial charge < -0.3 is 15.0 Å². The molecule has 2 rings (SSSR count). The largest absolute Gasteiger partial charge is 0.460 e. The van der Waals surface area contributed by atoms with Crippen LogP contribution < -0.4 is 15.5 Å². The summed E-state index contributed by atoms with van der Waals surface area (Å²) in [5.74, 6) is -0.829. The number of amides is 3. The summed E-state index contributed by atoms with van der Waals surface area (Å²) >= 11 is 0. The van der Waals surface area contributed by atoms with Crippen LogP contribution in [0, 0.1) is 0 Å². The minimum Gasteiger partial charge on any atom is -0.460 e. The Bertz CT molecular complexity index is 814. The van der Waals surface area contributed by atoms with Crippen LogP contribution in [-0.2, 0) is 23.9 Å². The van der Waals surface area contributed by atoms with Gasteiger partial charge in [0.2, 0.25) is 17.7 Å². The first-order valence-corrected chi connectivity index (χ1v) is 11.8. The van der Waals surface area contributed by atoms with Crippen molar-refractivity contribution in [3.05, 3.63) is 24.3 Å². The van der Waals surface area contributed by atoms with E-state index >= 15 is 0 Å². The number of unbranched alkanes of at least 4 members (excludes halogenated alkanes) is 2. The summed E-state index contributed by atoms with van der Waals surface area (Å²) in [6, 6.07) is 7.56. The fourth-order valence-electron chi connectivity index (χ4n) is 3.54. The summed E-state index contributed by atoms with van der Waals surface area (Å²) in [7, 11) is 0. The van der Waals surface area contributed by atoms with Crippen LogP contribution in [0.1, 0.15) is 78.6 Å². The number of nitrogens with zero attached hydrogens (tertiary/aromatic N) is 1. The molecular formula is C25H37N3O5. The third-order valence-corrected chi connectivity index (χ3v) is 5.17. The van der Waals surface area contributed by atoms with E-state index < -0.39 is 5.60 Å². The van der Waals surface area contributed by atoms with Gasteiger partial charge in [-0.25, -0.2) is 0 Å². The molecule has 0 aromatic heterocycles. The van der Waals surface area contributed by atoms with Gasteiger partial charge in [-0.15, -0.1) is 0 Å². The lowest BCUT2D eigenvalue weighted by molar-refractivity contribution is -0.155. The number of anilines is 2. The third-order valence-electron chi connectivity index (χ3n) is 5.17. The zero-order chi connectivity index (χ0) is 24.3. The molecule has 0 bridgehead atoms. The van der Waals surface area contributed by atoms with Crippen LogP contribution in [0.3, 0.4) is 0 Å². The maximum absolute atomic E-state index is 12.7. The Balaban J connectivity index is 1.79. The SMILES string of the molecule is CC(C)(C)OC(=O)CCCCCNc1ccc(N2CCC(=O)NC(=O)CCCCC2=O)cc1. The summed E-state index contributed by atoms with van der Waals surface area (Å²) < 4.78 is 5.31. The number of esters is 1. The van der Waals surface area contributed by atoms with Gasteiger partial charge in [-0.1, -0.05) is 6.42 Å². The van der Waals surface area contributed by atoms with Gasteiger partial charge in [0.15, 0.2) is 0 Å². The highest BCUT2D eigenvalue weighted by Crippen LogP contribution is 2.21.